The van der Waals surface area contributed by atoms with Crippen LogP contribution in [0.4, 0.5) is 4.39 Å². The van der Waals surface area contributed by atoms with Crippen molar-refractivity contribution in [2.75, 3.05) is 12.4 Å². The van der Waals surface area contributed by atoms with E-state index in [0.717, 1.165) is 25.7 Å². The van der Waals surface area contributed by atoms with Crippen molar-refractivity contribution in [3.63, 3.8) is 0 Å². The smallest absolute Gasteiger partial charge is 0.211 e. The van der Waals surface area contributed by atoms with Gasteiger partial charge in [0.2, 0.25) is 10.0 Å². The fourth-order valence-electron chi connectivity index (χ4n) is 2.99. The van der Waals surface area contributed by atoms with E-state index in [1.165, 1.54) is 6.07 Å². The molecule has 0 amide bonds. The fraction of sp³-hybridized carbons (Fsp3) is 0.647. The van der Waals surface area contributed by atoms with Crippen molar-refractivity contribution in [3.05, 3.63) is 29.6 Å². The molecule has 0 aliphatic heterocycles. The van der Waals surface area contributed by atoms with Crippen molar-refractivity contribution >= 4 is 10.0 Å². The van der Waals surface area contributed by atoms with Crippen LogP contribution >= 0.6 is 0 Å². The summed E-state index contributed by atoms with van der Waals surface area (Å²) in [4.78, 5) is 0. The van der Waals surface area contributed by atoms with E-state index >= 15 is 0 Å². The van der Waals surface area contributed by atoms with Gasteiger partial charge in [-0.2, -0.15) is 0 Å². The first-order chi connectivity index (χ1) is 10.9. The molecule has 1 aromatic rings. The second-order valence-corrected chi connectivity index (χ2v) is 8.13. The lowest BCUT2D eigenvalue weighted by Gasteiger charge is -2.31. The SMILES string of the molecule is CCc1cc(OC[C@H]2CCCCC2NS(=O)(=O)CC)ccc1F. The van der Waals surface area contributed by atoms with Crippen molar-refractivity contribution in [3.8, 4) is 5.75 Å². The van der Waals surface area contributed by atoms with Gasteiger partial charge < -0.3 is 4.74 Å². The molecule has 0 bridgehead atoms. The van der Waals surface area contributed by atoms with E-state index in [2.05, 4.69) is 4.72 Å². The quantitative estimate of drug-likeness (QED) is 0.827. The van der Waals surface area contributed by atoms with Crippen molar-refractivity contribution in [2.45, 2.75) is 52.0 Å². The third-order valence-corrected chi connectivity index (χ3v) is 5.90. The first-order valence-corrected chi connectivity index (χ1v) is 10.0. The molecule has 0 spiro atoms. The second-order valence-electron chi connectivity index (χ2n) is 6.09. The van der Waals surface area contributed by atoms with E-state index in [1.54, 1.807) is 19.1 Å². The molecule has 130 valence electrons. The largest absolute Gasteiger partial charge is 0.493 e. The highest BCUT2D eigenvalue weighted by molar-refractivity contribution is 7.89. The number of halogens is 1. The lowest BCUT2D eigenvalue weighted by Crippen LogP contribution is -2.44. The maximum absolute atomic E-state index is 13.5. The van der Waals surface area contributed by atoms with Gasteiger partial charge in [-0.15, -0.1) is 0 Å². The number of aryl methyl sites for hydroxylation is 1. The zero-order chi connectivity index (χ0) is 16.9. The molecule has 1 N–H and O–H groups in total. The molecule has 1 saturated carbocycles. The molecule has 2 atom stereocenters. The molecule has 1 unspecified atom stereocenters. The molecule has 1 aromatic carbocycles. The lowest BCUT2D eigenvalue weighted by atomic mass is 9.86. The molecular formula is C17H26FNO3S. The standard InChI is InChI=1S/C17H26FNO3S/c1-3-13-11-15(9-10-16(13)18)22-12-14-7-5-6-8-17(14)19-23(20,21)4-2/h9-11,14,17,19H,3-8,12H2,1-2H3/t14-,17?/m1/s1. The highest BCUT2D eigenvalue weighted by Crippen LogP contribution is 2.26. The van der Waals surface area contributed by atoms with E-state index < -0.39 is 10.0 Å². The molecule has 4 nitrogen and oxygen atoms in total. The number of nitrogens with one attached hydrogen (secondary N) is 1. The Hall–Kier alpha value is -1.14. The molecule has 1 fully saturated rings. The van der Waals surface area contributed by atoms with Crippen LogP contribution in [0, 0.1) is 11.7 Å². The summed E-state index contributed by atoms with van der Waals surface area (Å²) < 4.78 is 45.8. The summed E-state index contributed by atoms with van der Waals surface area (Å²) in [5.74, 6) is 0.673. The third-order valence-electron chi connectivity index (χ3n) is 4.48. The highest BCUT2D eigenvalue weighted by atomic mass is 32.2. The number of ether oxygens (including phenoxy) is 1. The Labute approximate surface area is 138 Å². The molecule has 1 aliphatic carbocycles. The minimum atomic E-state index is -3.21. The number of hydrogen-bond acceptors (Lipinski definition) is 3. The van der Waals surface area contributed by atoms with Crippen LogP contribution in [0.5, 0.6) is 5.75 Å². The van der Waals surface area contributed by atoms with Gasteiger partial charge >= 0.3 is 0 Å². The second kappa shape index (κ2) is 8.11. The summed E-state index contributed by atoms with van der Waals surface area (Å²) in [5.41, 5.74) is 0.634. The zero-order valence-electron chi connectivity index (χ0n) is 13.8. The van der Waals surface area contributed by atoms with Crippen LogP contribution in [-0.2, 0) is 16.4 Å². The van der Waals surface area contributed by atoms with Crippen molar-refractivity contribution in [2.24, 2.45) is 5.92 Å². The Bertz CT molecular complexity index is 618. The Kier molecular flexibility index (Phi) is 6.41. The molecule has 0 aromatic heterocycles. The topological polar surface area (TPSA) is 55.4 Å². The van der Waals surface area contributed by atoms with Gasteiger partial charge in [-0.05, 0) is 49.9 Å². The maximum atomic E-state index is 13.5. The normalized spacial score (nSPS) is 22.0. The average molecular weight is 343 g/mol. The van der Waals surface area contributed by atoms with Gasteiger partial charge in [0.05, 0.1) is 12.4 Å². The summed E-state index contributed by atoms with van der Waals surface area (Å²) in [6.07, 6.45) is 4.52. The molecule has 1 aliphatic rings. The van der Waals surface area contributed by atoms with Gasteiger partial charge in [0.15, 0.2) is 0 Å². The number of benzene rings is 1. The van der Waals surface area contributed by atoms with E-state index in [0.29, 0.717) is 24.3 Å². The van der Waals surface area contributed by atoms with Crippen LogP contribution in [-0.4, -0.2) is 26.8 Å². The Morgan fingerprint density at radius 1 is 1.26 bits per heavy atom. The fourth-order valence-corrected chi connectivity index (χ4v) is 3.93. The lowest BCUT2D eigenvalue weighted by molar-refractivity contribution is 0.180. The summed E-state index contributed by atoms with van der Waals surface area (Å²) in [6.45, 7) is 3.99. The van der Waals surface area contributed by atoms with Crippen LogP contribution in [0.1, 0.15) is 45.1 Å². The van der Waals surface area contributed by atoms with E-state index in [1.807, 2.05) is 6.92 Å². The summed E-state index contributed by atoms with van der Waals surface area (Å²) >= 11 is 0. The Morgan fingerprint density at radius 3 is 2.70 bits per heavy atom. The van der Waals surface area contributed by atoms with Crippen LogP contribution in [0.2, 0.25) is 0 Å². The summed E-state index contributed by atoms with van der Waals surface area (Å²) in [6, 6.07) is 4.71. The zero-order valence-corrected chi connectivity index (χ0v) is 14.7. The molecule has 0 heterocycles. The summed E-state index contributed by atoms with van der Waals surface area (Å²) in [7, 11) is -3.21. The predicted octanol–water partition coefficient (Wildman–Crippen LogP) is 3.27. The number of sulfonamides is 1. The van der Waals surface area contributed by atoms with Crippen LogP contribution in [0.3, 0.4) is 0 Å². The van der Waals surface area contributed by atoms with Gasteiger partial charge in [0.25, 0.3) is 0 Å². The first kappa shape index (κ1) is 18.2. The number of rotatable bonds is 7. The maximum Gasteiger partial charge on any atom is 0.211 e. The Balaban J connectivity index is 1.99. The van der Waals surface area contributed by atoms with Crippen LogP contribution in [0.25, 0.3) is 0 Å². The van der Waals surface area contributed by atoms with Crippen molar-refractivity contribution < 1.29 is 17.5 Å². The Morgan fingerprint density at radius 2 is 2.00 bits per heavy atom. The summed E-state index contributed by atoms with van der Waals surface area (Å²) in [5, 5.41) is 0. The first-order valence-electron chi connectivity index (χ1n) is 8.36. The minimum absolute atomic E-state index is 0.0696. The highest BCUT2D eigenvalue weighted by Gasteiger charge is 2.28. The molecule has 2 rings (SSSR count). The van der Waals surface area contributed by atoms with Crippen LogP contribution in [0.15, 0.2) is 18.2 Å². The predicted molar refractivity (Wildman–Crippen MR) is 89.6 cm³/mol. The van der Waals surface area contributed by atoms with Crippen molar-refractivity contribution in [1.82, 2.24) is 4.72 Å². The molecule has 23 heavy (non-hydrogen) atoms. The monoisotopic (exact) mass is 343 g/mol. The number of hydrogen-bond donors (Lipinski definition) is 1. The van der Waals surface area contributed by atoms with E-state index in [-0.39, 0.29) is 23.5 Å². The molecular weight excluding hydrogens is 317 g/mol. The minimum Gasteiger partial charge on any atom is -0.493 e. The van der Waals surface area contributed by atoms with Crippen molar-refractivity contribution in [1.29, 1.82) is 0 Å². The molecule has 6 heteroatoms. The van der Waals surface area contributed by atoms with Gasteiger partial charge in [-0.1, -0.05) is 19.8 Å². The van der Waals surface area contributed by atoms with E-state index in [9.17, 15) is 12.8 Å². The van der Waals surface area contributed by atoms with Gasteiger partial charge in [0, 0.05) is 12.0 Å². The van der Waals surface area contributed by atoms with Gasteiger partial charge in [-0.25, -0.2) is 17.5 Å². The molecule has 0 saturated heterocycles. The van der Waals surface area contributed by atoms with Gasteiger partial charge in [0.1, 0.15) is 11.6 Å². The van der Waals surface area contributed by atoms with Gasteiger partial charge in [-0.3, -0.25) is 0 Å². The van der Waals surface area contributed by atoms with Crippen LogP contribution < -0.4 is 9.46 Å². The average Bonchev–Trinajstić information content (AvgIpc) is 2.55. The third kappa shape index (κ3) is 5.18. The molecule has 0 radical (unpaired) electrons. The van der Waals surface area contributed by atoms with E-state index in [4.69, 9.17) is 4.74 Å².